The van der Waals surface area contributed by atoms with Crippen LogP contribution in [0, 0.1) is 0 Å². The number of azo groups is 1. The van der Waals surface area contributed by atoms with E-state index in [9.17, 15) is 44.5 Å². The molecule has 1 amide bonds. The fourth-order valence-corrected chi connectivity index (χ4v) is 5.58. The van der Waals surface area contributed by atoms with Crippen LogP contribution < -0.4 is 5.01 Å². The van der Waals surface area contributed by atoms with Gasteiger partial charge in [-0.15, -0.1) is 0 Å². The van der Waals surface area contributed by atoms with Crippen molar-refractivity contribution in [3.63, 3.8) is 0 Å². The Morgan fingerprint density at radius 1 is 1.05 bits per heavy atom. The number of nitrogens with zero attached hydrogens (tertiary/aromatic N) is 4. The first-order valence-corrected chi connectivity index (χ1v) is 15.0. The van der Waals surface area contributed by atoms with E-state index in [2.05, 4.69) is 19.5 Å². The molecule has 1 aliphatic heterocycles. The van der Waals surface area contributed by atoms with E-state index in [4.69, 9.17) is 16.2 Å². The van der Waals surface area contributed by atoms with Crippen LogP contribution in [-0.4, -0.2) is 164 Å². The van der Waals surface area contributed by atoms with E-state index in [1.54, 1.807) is 0 Å². The van der Waals surface area contributed by atoms with Crippen molar-refractivity contribution in [1.82, 2.24) is 0 Å². The van der Waals surface area contributed by atoms with Crippen LogP contribution in [0.15, 0.2) is 61.5 Å². The van der Waals surface area contributed by atoms with Gasteiger partial charge >= 0.3 is 16.4 Å². The zero-order chi connectivity index (χ0) is 29.3. The van der Waals surface area contributed by atoms with Gasteiger partial charge in [0, 0.05) is 88.7 Å². The molecule has 1 unspecified atom stereocenters. The minimum atomic E-state index is -4.91. The number of aromatic carboxylic acids is 1. The number of carbonyl (C=O) groups is 2. The zero-order valence-electron chi connectivity index (χ0n) is 22.4. The summed E-state index contributed by atoms with van der Waals surface area (Å²) in [7, 11) is -13.7. The second kappa shape index (κ2) is 16.3. The van der Waals surface area contributed by atoms with E-state index in [0.717, 1.165) is 23.2 Å². The van der Waals surface area contributed by atoms with E-state index in [-0.39, 0.29) is 105 Å². The summed E-state index contributed by atoms with van der Waals surface area (Å²) in [5, 5.41) is 21.0. The Kier molecular flexibility index (Phi) is 16.2. The first-order chi connectivity index (χ1) is 17.9. The maximum Gasteiger partial charge on any atom is 0.397 e. The molecule has 3 N–H and O–H groups in total. The molecule has 1 atom stereocenters. The van der Waals surface area contributed by atoms with Gasteiger partial charge in [0.1, 0.15) is 10.6 Å². The van der Waals surface area contributed by atoms with Gasteiger partial charge in [-0.3, -0.25) is 13.9 Å². The largest absolute Gasteiger partial charge is 0.478 e. The van der Waals surface area contributed by atoms with Gasteiger partial charge in [0.05, 0.1) is 39.2 Å². The molecule has 0 fully saturated rings. The number of carboxylic acids is 1. The molecule has 0 bridgehead atoms. The summed E-state index contributed by atoms with van der Waals surface area (Å²) in [5.74, 6) is -3.07. The van der Waals surface area contributed by atoms with Gasteiger partial charge in [0.25, 0.3) is 16.0 Å². The standard InChI is InChI=1S/C19H17ClN4O12S3.3Na/c1-10-17(22-21-15-8-13(19(26)27)14(20)9-16(15)38(30,31)32)18(25)24(23-10)11-2-4-12(5-3-11)37(28,29)7-6-36-39(33,34)35;;;/h2-5,8-9,17H,6-7H2,1H3,(H,26,27)(H,30,31,32)(H,33,34,35);;;. The summed E-state index contributed by atoms with van der Waals surface area (Å²) in [6, 6.07) is 4.71. The monoisotopic (exact) mass is 693 g/mol. The molecular weight excluding hydrogens is 677 g/mol. The summed E-state index contributed by atoms with van der Waals surface area (Å²) in [4.78, 5) is 23.2. The van der Waals surface area contributed by atoms with Crippen molar-refractivity contribution in [1.29, 1.82) is 0 Å². The smallest absolute Gasteiger partial charge is 0.397 e. The molecule has 3 radical (unpaired) electrons. The third kappa shape index (κ3) is 10.6. The number of benzene rings is 2. The van der Waals surface area contributed by atoms with Crippen LogP contribution in [0.4, 0.5) is 11.4 Å². The molecule has 0 aromatic heterocycles. The molecule has 2 aromatic carbocycles. The second-order valence-corrected chi connectivity index (χ2v) is 12.6. The van der Waals surface area contributed by atoms with Crippen LogP contribution >= 0.6 is 11.6 Å². The Balaban J connectivity index is 0.00000560. The van der Waals surface area contributed by atoms with Crippen molar-refractivity contribution in [3.8, 4) is 0 Å². The number of anilines is 1. The molecule has 16 nitrogen and oxygen atoms in total. The van der Waals surface area contributed by atoms with Crippen molar-refractivity contribution in [2.24, 2.45) is 15.3 Å². The number of amides is 1. The molecule has 23 heteroatoms. The SMILES string of the molecule is CC1=NN(c2ccc(S(=O)(=O)CCOS(=O)(=O)O)cc2)C(=O)C1N=Nc1cc(C(=O)O)c(Cl)cc1S(=O)(=O)O.[Na].[Na].[Na]. The maximum atomic E-state index is 12.9. The predicted octanol–water partition coefficient (Wildman–Crippen LogP) is 0.611. The summed E-state index contributed by atoms with van der Waals surface area (Å²) < 4.78 is 91.2. The van der Waals surface area contributed by atoms with Gasteiger partial charge in [0.2, 0.25) is 0 Å². The van der Waals surface area contributed by atoms with Gasteiger partial charge in [-0.1, -0.05) is 11.6 Å². The Morgan fingerprint density at radius 2 is 1.62 bits per heavy atom. The van der Waals surface area contributed by atoms with E-state index >= 15 is 0 Å². The Hall–Kier alpha value is -0.330. The van der Waals surface area contributed by atoms with Crippen molar-refractivity contribution < 1.29 is 53.2 Å². The number of carboxylic acid groups (broad SMARTS) is 1. The normalized spacial score (nSPS) is 15.4. The van der Waals surface area contributed by atoms with Crippen LogP contribution in [-0.2, 0) is 39.3 Å². The average molecular weight is 694 g/mol. The van der Waals surface area contributed by atoms with E-state index in [1.165, 1.54) is 19.1 Å². The van der Waals surface area contributed by atoms with Crippen molar-refractivity contribution in [2.45, 2.75) is 22.8 Å². The third-order valence-corrected chi connectivity index (χ3v) is 8.31. The first-order valence-electron chi connectivity index (χ1n) is 10.2. The quantitative estimate of drug-likeness (QED) is 0.176. The molecule has 0 saturated carbocycles. The summed E-state index contributed by atoms with van der Waals surface area (Å²) >= 11 is 5.76. The number of carbonyl (C=O) groups excluding carboxylic acids is 1. The average Bonchev–Trinajstić information content (AvgIpc) is 3.09. The number of rotatable bonds is 10. The van der Waals surface area contributed by atoms with Crippen LogP contribution in [0.25, 0.3) is 0 Å². The molecular formula is C19H17ClN4Na3O12S3. The van der Waals surface area contributed by atoms with Gasteiger partial charge in [-0.25, -0.2) is 17.4 Å². The number of hydrogen-bond donors (Lipinski definition) is 3. The molecule has 0 aliphatic carbocycles. The molecule has 2 aromatic rings. The molecule has 1 heterocycles. The molecule has 213 valence electrons. The van der Waals surface area contributed by atoms with Gasteiger partial charge in [-0.2, -0.15) is 37.2 Å². The van der Waals surface area contributed by atoms with E-state index in [0.29, 0.717) is 6.07 Å². The maximum absolute atomic E-state index is 12.9. The molecule has 42 heavy (non-hydrogen) atoms. The minimum Gasteiger partial charge on any atom is -0.478 e. The number of hydrazone groups is 1. The first kappa shape index (κ1) is 41.7. The fourth-order valence-electron chi connectivity index (χ4n) is 3.15. The van der Waals surface area contributed by atoms with Gasteiger partial charge in [-0.05, 0) is 43.3 Å². The van der Waals surface area contributed by atoms with Crippen LogP contribution in [0.2, 0.25) is 5.02 Å². The minimum absolute atomic E-state index is 0. The molecule has 0 spiro atoms. The van der Waals surface area contributed by atoms with E-state index < -0.39 is 81.8 Å². The number of sulfone groups is 1. The number of hydrogen-bond acceptors (Lipinski definition) is 12. The summed E-state index contributed by atoms with van der Waals surface area (Å²) in [6.45, 7) is 0.564. The Bertz CT molecular complexity index is 1740. The molecule has 3 rings (SSSR count). The molecule has 1 aliphatic rings. The van der Waals surface area contributed by atoms with Gasteiger partial charge in [0.15, 0.2) is 15.9 Å². The van der Waals surface area contributed by atoms with Crippen molar-refractivity contribution >= 4 is 160 Å². The van der Waals surface area contributed by atoms with Crippen LogP contribution in [0.5, 0.6) is 0 Å². The second-order valence-electron chi connectivity index (χ2n) is 7.65. The Labute approximate surface area is 311 Å². The predicted molar refractivity (Wildman–Crippen MR) is 150 cm³/mol. The molecule has 0 saturated heterocycles. The zero-order valence-corrected chi connectivity index (χ0v) is 31.6. The van der Waals surface area contributed by atoms with Crippen molar-refractivity contribution in [2.75, 3.05) is 17.4 Å². The van der Waals surface area contributed by atoms with E-state index in [1.807, 2.05) is 0 Å². The Morgan fingerprint density at radius 3 is 2.12 bits per heavy atom. The van der Waals surface area contributed by atoms with Crippen LogP contribution in [0.3, 0.4) is 0 Å². The van der Waals surface area contributed by atoms with Crippen molar-refractivity contribution in [3.05, 3.63) is 47.0 Å². The fraction of sp³-hybridized carbons (Fsp3) is 0.211. The topological polar surface area (TPSA) is 247 Å². The van der Waals surface area contributed by atoms with Gasteiger partial charge < -0.3 is 5.11 Å². The summed E-state index contributed by atoms with van der Waals surface area (Å²) in [5.41, 5.74) is -0.958. The summed E-state index contributed by atoms with van der Waals surface area (Å²) in [6.07, 6.45) is 0. The van der Waals surface area contributed by atoms with Crippen LogP contribution in [0.1, 0.15) is 17.3 Å². The third-order valence-electron chi connectivity index (χ3n) is 4.96. The number of halogens is 1.